The average molecular weight is 393 g/mol. The molecule has 0 radical (unpaired) electrons. The van der Waals surface area contributed by atoms with Crippen LogP contribution in [0.25, 0.3) is 5.82 Å². The smallest absolute Gasteiger partial charge is 0.289 e. The van der Waals surface area contributed by atoms with Gasteiger partial charge in [-0.15, -0.1) is 0 Å². The molecule has 0 unspecified atom stereocenters. The minimum Gasteiger partial charge on any atom is -0.459 e. The highest BCUT2D eigenvalue weighted by Gasteiger charge is 2.25. The summed E-state index contributed by atoms with van der Waals surface area (Å²) >= 11 is 0. The molecule has 1 amide bonds. The molecule has 1 aliphatic rings. The normalized spacial score (nSPS) is 14.9. The molecule has 1 fully saturated rings. The van der Waals surface area contributed by atoms with Crippen LogP contribution in [0.1, 0.15) is 16.1 Å². The molecule has 3 aromatic heterocycles. The zero-order chi connectivity index (χ0) is 20.1. The summed E-state index contributed by atoms with van der Waals surface area (Å²) in [4.78, 5) is 29.4. The highest BCUT2D eigenvalue weighted by atomic mass is 16.3. The Labute approximate surface area is 168 Å². The van der Waals surface area contributed by atoms with E-state index in [2.05, 4.69) is 25.2 Å². The molecular weight excluding hydrogens is 370 g/mol. The highest BCUT2D eigenvalue weighted by molar-refractivity contribution is 5.91. The molecule has 1 aliphatic heterocycles. The number of carbonyl (C=O) groups is 1. The van der Waals surface area contributed by atoms with Crippen LogP contribution in [-0.2, 0) is 6.54 Å². The summed E-state index contributed by atoms with van der Waals surface area (Å²) in [7, 11) is 1.77. The van der Waals surface area contributed by atoms with Gasteiger partial charge in [0.05, 0.1) is 6.26 Å². The molecule has 0 saturated carbocycles. The van der Waals surface area contributed by atoms with E-state index in [0.29, 0.717) is 38.5 Å². The number of hydrogen-bond acceptors (Lipinski definition) is 5. The summed E-state index contributed by atoms with van der Waals surface area (Å²) in [5, 5.41) is 3.41. The van der Waals surface area contributed by atoms with Gasteiger partial charge in [0.2, 0.25) is 0 Å². The number of guanidine groups is 1. The Kier molecular flexibility index (Phi) is 5.55. The van der Waals surface area contributed by atoms with Gasteiger partial charge in [-0.1, -0.05) is 6.07 Å². The lowest BCUT2D eigenvalue weighted by Gasteiger charge is -2.36. The summed E-state index contributed by atoms with van der Waals surface area (Å²) in [6.45, 7) is 3.22. The Balaban J connectivity index is 1.36. The van der Waals surface area contributed by atoms with E-state index in [1.807, 2.05) is 22.9 Å². The van der Waals surface area contributed by atoms with E-state index in [4.69, 9.17) is 4.42 Å². The summed E-state index contributed by atoms with van der Waals surface area (Å²) in [5.41, 5.74) is 1.04. The summed E-state index contributed by atoms with van der Waals surface area (Å²) in [6.07, 6.45) is 8.62. The van der Waals surface area contributed by atoms with E-state index in [1.165, 1.54) is 6.26 Å². The SMILES string of the molecule is CN=C(NCc1cccnc1-n1ccnc1)N1CCN(C(=O)c2ccco2)CC1. The average Bonchev–Trinajstić information content (AvgIpc) is 3.49. The van der Waals surface area contributed by atoms with Crippen molar-refractivity contribution in [2.75, 3.05) is 33.2 Å². The number of pyridine rings is 1. The first-order chi connectivity index (χ1) is 14.3. The Morgan fingerprint density at radius 1 is 1.17 bits per heavy atom. The van der Waals surface area contributed by atoms with E-state index < -0.39 is 0 Å². The first kappa shape index (κ1) is 18.7. The monoisotopic (exact) mass is 393 g/mol. The second-order valence-electron chi connectivity index (χ2n) is 6.61. The van der Waals surface area contributed by atoms with E-state index >= 15 is 0 Å². The van der Waals surface area contributed by atoms with Gasteiger partial charge in [0.1, 0.15) is 12.1 Å². The summed E-state index contributed by atoms with van der Waals surface area (Å²) in [5.74, 6) is 1.94. The molecular formula is C20H23N7O2. The number of hydrogen-bond donors (Lipinski definition) is 1. The lowest BCUT2D eigenvalue weighted by molar-refractivity contribution is 0.0657. The van der Waals surface area contributed by atoms with Crippen molar-refractivity contribution in [2.24, 2.45) is 4.99 Å². The quantitative estimate of drug-likeness (QED) is 0.532. The fourth-order valence-corrected chi connectivity index (χ4v) is 3.37. The standard InChI is InChI=1S/C20H23N7O2/c1-21-20(24-14-16-4-2-6-23-18(16)27-8-7-22-15-27)26-11-9-25(10-12-26)19(28)17-5-3-13-29-17/h2-8,13,15H,9-12,14H2,1H3,(H,21,24). The van der Waals surface area contributed by atoms with Crippen molar-refractivity contribution < 1.29 is 9.21 Å². The van der Waals surface area contributed by atoms with E-state index in [9.17, 15) is 4.79 Å². The molecule has 0 bridgehead atoms. The first-order valence-electron chi connectivity index (χ1n) is 9.47. The molecule has 9 heteroatoms. The Hall–Kier alpha value is -3.62. The van der Waals surface area contributed by atoms with Crippen LogP contribution in [0.3, 0.4) is 0 Å². The minimum atomic E-state index is -0.0714. The number of aliphatic imine (C=N–C) groups is 1. The van der Waals surface area contributed by atoms with Crippen LogP contribution >= 0.6 is 0 Å². The third-order valence-corrected chi connectivity index (χ3v) is 4.86. The van der Waals surface area contributed by atoms with Crippen LogP contribution in [0.4, 0.5) is 0 Å². The molecule has 4 rings (SSSR count). The molecule has 9 nitrogen and oxygen atoms in total. The van der Waals surface area contributed by atoms with E-state index in [1.54, 1.807) is 42.8 Å². The lowest BCUT2D eigenvalue weighted by Crippen LogP contribution is -2.53. The van der Waals surface area contributed by atoms with Crippen molar-refractivity contribution in [1.82, 2.24) is 29.7 Å². The molecule has 150 valence electrons. The van der Waals surface area contributed by atoms with Gasteiger partial charge in [-0.2, -0.15) is 0 Å². The third kappa shape index (κ3) is 4.13. The van der Waals surface area contributed by atoms with Crippen molar-refractivity contribution in [3.63, 3.8) is 0 Å². The van der Waals surface area contributed by atoms with Crippen LogP contribution in [0.15, 0.2) is 64.9 Å². The summed E-state index contributed by atoms with van der Waals surface area (Å²) < 4.78 is 7.11. The molecule has 0 spiro atoms. The molecule has 1 N–H and O–H groups in total. The van der Waals surface area contributed by atoms with Crippen LogP contribution in [0.2, 0.25) is 0 Å². The number of amides is 1. The minimum absolute atomic E-state index is 0.0714. The van der Waals surface area contributed by atoms with Crippen molar-refractivity contribution >= 4 is 11.9 Å². The number of carbonyl (C=O) groups excluding carboxylic acids is 1. The third-order valence-electron chi connectivity index (χ3n) is 4.86. The van der Waals surface area contributed by atoms with Gasteiger partial charge in [0, 0.05) is 63.9 Å². The van der Waals surface area contributed by atoms with Gasteiger partial charge in [-0.3, -0.25) is 14.4 Å². The van der Waals surface area contributed by atoms with Crippen molar-refractivity contribution in [1.29, 1.82) is 0 Å². The molecule has 0 atom stereocenters. The predicted molar refractivity (Wildman–Crippen MR) is 108 cm³/mol. The van der Waals surface area contributed by atoms with Gasteiger partial charge in [0.25, 0.3) is 5.91 Å². The van der Waals surface area contributed by atoms with Crippen molar-refractivity contribution in [3.8, 4) is 5.82 Å². The second kappa shape index (κ2) is 8.59. The fourth-order valence-electron chi connectivity index (χ4n) is 3.37. The molecule has 0 aromatic carbocycles. The Morgan fingerprint density at radius 2 is 2.00 bits per heavy atom. The van der Waals surface area contributed by atoms with Gasteiger partial charge in [-0.05, 0) is 18.2 Å². The number of furan rings is 1. The number of nitrogens with zero attached hydrogens (tertiary/aromatic N) is 6. The van der Waals surface area contributed by atoms with Crippen molar-refractivity contribution in [2.45, 2.75) is 6.54 Å². The number of piperazine rings is 1. The first-order valence-corrected chi connectivity index (χ1v) is 9.47. The van der Waals surface area contributed by atoms with Gasteiger partial charge in [-0.25, -0.2) is 9.97 Å². The van der Waals surface area contributed by atoms with Gasteiger partial charge < -0.3 is 19.5 Å². The Morgan fingerprint density at radius 3 is 2.69 bits per heavy atom. The Bertz CT molecular complexity index is 959. The maximum absolute atomic E-state index is 12.4. The maximum Gasteiger partial charge on any atom is 0.289 e. The van der Waals surface area contributed by atoms with Crippen LogP contribution in [0, 0.1) is 0 Å². The zero-order valence-corrected chi connectivity index (χ0v) is 16.2. The molecule has 3 aromatic rings. The molecule has 0 aliphatic carbocycles. The van der Waals surface area contributed by atoms with Crippen LogP contribution in [-0.4, -0.2) is 69.4 Å². The molecule has 29 heavy (non-hydrogen) atoms. The topological polar surface area (TPSA) is 91.8 Å². The van der Waals surface area contributed by atoms with E-state index in [-0.39, 0.29) is 5.91 Å². The number of rotatable bonds is 4. The van der Waals surface area contributed by atoms with Crippen LogP contribution < -0.4 is 5.32 Å². The highest BCUT2D eigenvalue weighted by Crippen LogP contribution is 2.12. The maximum atomic E-state index is 12.4. The lowest BCUT2D eigenvalue weighted by atomic mass is 10.2. The molecule has 4 heterocycles. The summed E-state index contributed by atoms with van der Waals surface area (Å²) in [6, 6.07) is 7.37. The number of aromatic nitrogens is 3. The van der Waals surface area contributed by atoms with Crippen LogP contribution in [0.5, 0.6) is 0 Å². The second-order valence-corrected chi connectivity index (χ2v) is 6.61. The van der Waals surface area contributed by atoms with Gasteiger partial charge in [0.15, 0.2) is 11.7 Å². The molecule has 1 saturated heterocycles. The van der Waals surface area contributed by atoms with E-state index in [0.717, 1.165) is 17.3 Å². The van der Waals surface area contributed by atoms with Crippen molar-refractivity contribution in [3.05, 3.63) is 66.8 Å². The number of imidazole rings is 1. The fraction of sp³-hybridized carbons (Fsp3) is 0.300. The van der Waals surface area contributed by atoms with Gasteiger partial charge >= 0.3 is 0 Å². The zero-order valence-electron chi connectivity index (χ0n) is 16.2. The predicted octanol–water partition coefficient (Wildman–Crippen LogP) is 1.39. The number of nitrogens with one attached hydrogen (secondary N) is 1. The largest absolute Gasteiger partial charge is 0.459 e.